The van der Waals surface area contributed by atoms with Crippen LogP contribution in [0.4, 0.5) is 0 Å². The fraction of sp³-hybridized carbons (Fsp3) is 0.536. The van der Waals surface area contributed by atoms with Crippen molar-refractivity contribution < 1.29 is 28.6 Å². The smallest absolute Gasteiger partial charge is 0.309 e. The highest BCUT2D eigenvalue weighted by atomic mass is 16.6. The Labute approximate surface area is 212 Å². The van der Waals surface area contributed by atoms with Gasteiger partial charge in [-0.05, 0) is 44.9 Å². The first kappa shape index (κ1) is 25.8. The average molecular weight is 497 g/mol. The molecule has 0 bridgehead atoms. The number of ether oxygens (including phenoxy) is 3. The maximum absolute atomic E-state index is 12.9. The van der Waals surface area contributed by atoms with Gasteiger partial charge in [0.25, 0.3) is 0 Å². The van der Waals surface area contributed by atoms with Crippen molar-refractivity contribution in [2.75, 3.05) is 26.3 Å². The fourth-order valence-corrected chi connectivity index (χ4v) is 4.85. The molecule has 0 N–H and O–H groups in total. The van der Waals surface area contributed by atoms with E-state index in [-0.39, 0.29) is 36.3 Å². The number of carbonyl (C=O) groups is 3. The van der Waals surface area contributed by atoms with E-state index in [2.05, 4.69) is 0 Å². The molecule has 1 amide bonds. The number of carbonyl (C=O) groups excluding carboxylic acids is 3. The number of ketones is 1. The van der Waals surface area contributed by atoms with E-state index in [9.17, 15) is 14.4 Å². The molecule has 36 heavy (non-hydrogen) atoms. The highest BCUT2D eigenvalue weighted by Crippen LogP contribution is 2.32. The van der Waals surface area contributed by atoms with Crippen LogP contribution in [0.15, 0.2) is 30.3 Å². The first-order chi connectivity index (χ1) is 17.0. The Balaban J connectivity index is 1.30. The zero-order chi connectivity index (χ0) is 26.0. The van der Waals surface area contributed by atoms with E-state index < -0.39 is 5.41 Å². The van der Waals surface area contributed by atoms with E-state index in [1.54, 1.807) is 0 Å². The summed E-state index contributed by atoms with van der Waals surface area (Å²) in [5.74, 6) is 0.655. The number of benzene rings is 1. The van der Waals surface area contributed by atoms with Crippen LogP contribution >= 0.6 is 0 Å². The first-order valence-corrected chi connectivity index (χ1v) is 12.6. The van der Waals surface area contributed by atoms with Gasteiger partial charge in [-0.15, -0.1) is 0 Å². The summed E-state index contributed by atoms with van der Waals surface area (Å²) in [6, 6.07) is 9.41. The molecular weight excluding hydrogens is 460 g/mol. The molecule has 0 radical (unpaired) electrons. The summed E-state index contributed by atoms with van der Waals surface area (Å²) in [5.41, 5.74) is 1.85. The van der Waals surface area contributed by atoms with Gasteiger partial charge in [0.15, 0.2) is 24.2 Å². The Bertz CT molecular complexity index is 1140. The molecule has 2 aliphatic rings. The molecule has 1 aromatic heterocycles. The molecule has 1 saturated heterocycles. The van der Waals surface area contributed by atoms with Gasteiger partial charge in [-0.25, -0.2) is 0 Å². The van der Waals surface area contributed by atoms with Gasteiger partial charge < -0.3 is 23.7 Å². The third-order valence-electron chi connectivity index (χ3n) is 6.93. The van der Waals surface area contributed by atoms with Crippen molar-refractivity contribution in [3.05, 3.63) is 47.3 Å². The van der Waals surface area contributed by atoms with Crippen LogP contribution in [-0.2, 0) is 20.9 Å². The third-order valence-corrected chi connectivity index (χ3v) is 6.93. The predicted molar refractivity (Wildman–Crippen MR) is 134 cm³/mol. The monoisotopic (exact) mass is 496 g/mol. The van der Waals surface area contributed by atoms with E-state index in [1.165, 1.54) is 0 Å². The van der Waals surface area contributed by atoms with Gasteiger partial charge in [-0.3, -0.25) is 14.4 Å². The van der Waals surface area contributed by atoms with Crippen LogP contribution in [0, 0.1) is 25.2 Å². The van der Waals surface area contributed by atoms with Gasteiger partial charge in [0.05, 0.1) is 12.5 Å². The second-order valence-corrected chi connectivity index (χ2v) is 10.7. The number of Topliss-reactive ketones (excluding diaryl/α,β-unsaturated/α-hetero) is 1. The summed E-state index contributed by atoms with van der Waals surface area (Å²) >= 11 is 0. The molecule has 1 unspecified atom stereocenters. The van der Waals surface area contributed by atoms with Gasteiger partial charge in [0.1, 0.15) is 6.61 Å². The molecule has 4 rings (SSSR count). The Hall–Kier alpha value is -3.29. The Morgan fingerprint density at radius 3 is 2.39 bits per heavy atom. The number of likely N-dealkylation sites (tertiary alicyclic amines) is 1. The van der Waals surface area contributed by atoms with Crippen molar-refractivity contribution in [1.82, 2.24) is 9.47 Å². The molecule has 2 aliphatic heterocycles. The second kappa shape index (κ2) is 10.4. The van der Waals surface area contributed by atoms with Gasteiger partial charge in [0.2, 0.25) is 11.7 Å². The number of rotatable bonds is 6. The number of esters is 1. The molecule has 8 nitrogen and oxygen atoms in total. The van der Waals surface area contributed by atoms with E-state index in [0.29, 0.717) is 50.4 Å². The lowest BCUT2D eigenvalue weighted by Crippen LogP contribution is -2.45. The molecule has 1 atom stereocenters. The van der Waals surface area contributed by atoms with Crippen LogP contribution in [0.2, 0.25) is 0 Å². The largest absolute Gasteiger partial charge is 0.486 e. The highest BCUT2D eigenvalue weighted by molar-refractivity contribution is 5.99. The zero-order valence-electron chi connectivity index (χ0n) is 21.8. The minimum absolute atomic E-state index is 0.0919. The summed E-state index contributed by atoms with van der Waals surface area (Å²) in [6.45, 7) is 11.3. The lowest BCUT2D eigenvalue weighted by Gasteiger charge is -2.34. The number of para-hydroxylation sites is 2. The number of piperidine rings is 1. The van der Waals surface area contributed by atoms with Gasteiger partial charge in [0, 0.05) is 35.5 Å². The number of aromatic nitrogens is 1. The van der Waals surface area contributed by atoms with Gasteiger partial charge >= 0.3 is 5.97 Å². The standard InChI is InChI=1S/C28H36N2O6/c1-18-14-22(19(2)30(18)15-21-16-34-24-8-6-7-9-25(24)36-21)23(31)17-35-26(32)20-10-12-29(13-11-20)27(33)28(3,4)5/h6-9,14,20-21H,10-13,15-17H2,1-5H3. The Morgan fingerprint density at radius 1 is 1.06 bits per heavy atom. The summed E-state index contributed by atoms with van der Waals surface area (Å²) in [7, 11) is 0. The van der Waals surface area contributed by atoms with Crippen LogP contribution in [0.1, 0.15) is 55.4 Å². The van der Waals surface area contributed by atoms with E-state index in [1.807, 2.05) is 74.4 Å². The zero-order valence-corrected chi connectivity index (χ0v) is 21.8. The van der Waals surface area contributed by atoms with Crippen molar-refractivity contribution in [2.24, 2.45) is 11.3 Å². The van der Waals surface area contributed by atoms with Crippen molar-refractivity contribution in [1.29, 1.82) is 0 Å². The molecule has 194 valence electrons. The number of hydrogen-bond acceptors (Lipinski definition) is 6. The SMILES string of the molecule is Cc1cc(C(=O)COC(=O)C2CCN(C(=O)C(C)(C)C)CC2)c(C)n1CC1COc2ccccc2O1. The predicted octanol–water partition coefficient (Wildman–Crippen LogP) is 3.96. The highest BCUT2D eigenvalue weighted by Gasteiger charge is 2.33. The maximum Gasteiger partial charge on any atom is 0.309 e. The molecule has 1 aromatic carbocycles. The summed E-state index contributed by atoms with van der Waals surface area (Å²) in [5, 5.41) is 0. The molecule has 2 aromatic rings. The van der Waals surface area contributed by atoms with Crippen molar-refractivity contribution in [2.45, 2.75) is 60.1 Å². The fourth-order valence-electron chi connectivity index (χ4n) is 4.85. The first-order valence-electron chi connectivity index (χ1n) is 12.6. The summed E-state index contributed by atoms with van der Waals surface area (Å²) < 4.78 is 19.3. The molecular formula is C28H36N2O6. The lowest BCUT2D eigenvalue weighted by atomic mass is 9.91. The number of nitrogens with zero attached hydrogens (tertiary/aromatic N) is 2. The van der Waals surface area contributed by atoms with Crippen molar-refractivity contribution in [3.8, 4) is 11.5 Å². The number of fused-ring (bicyclic) bond motifs is 1. The minimum Gasteiger partial charge on any atom is -0.486 e. The summed E-state index contributed by atoms with van der Waals surface area (Å²) in [4.78, 5) is 39.8. The molecule has 3 heterocycles. The van der Waals surface area contributed by atoms with Crippen molar-refractivity contribution in [3.63, 3.8) is 0 Å². The molecule has 0 aliphatic carbocycles. The molecule has 0 saturated carbocycles. The van der Waals surface area contributed by atoms with Gasteiger partial charge in [-0.1, -0.05) is 32.9 Å². The minimum atomic E-state index is -0.438. The van der Waals surface area contributed by atoms with Crippen LogP contribution in [0.25, 0.3) is 0 Å². The van der Waals surface area contributed by atoms with Crippen LogP contribution in [-0.4, -0.2) is 59.5 Å². The number of amides is 1. The molecule has 0 spiro atoms. The van der Waals surface area contributed by atoms with E-state index >= 15 is 0 Å². The topological polar surface area (TPSA) is 87.1 Å². The van der Waals surface area contributed by atoms with Crippen molar-refractivity contribution >= 4 is 17.7 Å². The number of aryl methyl sites for hydroxylation is 1. The molecule has 8 heteroatoms. The quantitative estimate of drug-likeness (QED) is 0.445. The number of hydrogen-bond donors (Lipinski definition) is 0. The average Bonchev–Trinajstić information content (AvgIpc) is 3.14. The van der Waals surface area contributed by atoms with E-state index in [4.69, 9.17) is 14.2 Å². The van der Waals surface area contributed by atoms with Crippen LogP contribution in [0.5, 0.6) is 11.5 Å². The van der Waals surface area contributed by atoms with E-state index in [0.717, 1.165) is 17.1 Å². The lowest BCUT2D eigenvalue weighted by molar-refractivity contribution is -0.152. The van der Waals surface area contributed by atoms with Gasteiger partial charge in [-0.2, -0.15) is 0 Å². The Kier molecular flexibility index (Phi) is 7.43. The normalized spacial score (nSPS) is 18.1. The summed E-state index contributed by atoms with van der Waals surface area (Å²) in [6.07, 6.45) is 0.924. The second-order valence-electron chi connectivity index (χ2n) is 10.7. The third kappa shape index (κ3) is 5.58. The maximum atomic E-state index is 12.9. The Morgan fingerprint density at radius 2 is 1.72 bits per heavy atom. The molecule has 1 fully saturated rings. The van der Waals surface area contributed by atoms with Crippen LogP contribution in [0.3, 0.4) is 0 Å². The van der Waals surface area contributed by atoms with Crippen LogP contribution < -0.4 is 9.47 Å².